The summed E-state index contributed by atoms with van der Waals surface area (Å²) in [6.45, 7) is 0.428. The predicted octanol–water partition coefficient (Wildman–Crippen LogP) is 4.48. The van der Waals surface area contributed by atoms with Gasteiger partial charge in [0.2, 0.25) is 5.78 Å². The average Bonchev–Trinajstić information content (AvgIpc) is 3.24. The van der Waals surface area contributed by atoms with Crippen LogP contribution in [-0.2, 0) is 13.7 Å². The third-order valence-corrected chi connectivity index (χ3v) is 4.77. The molecule has 0 saturated heterocycles. The maximum Gasteiger partial charge on any atom is 0.255 e. The Labute approximate surface area is 180 Å². The minimum absolute atomic E-state index is 0.173. The average molecular weight is 411 g/mol. The molecule has 6 nitrogen and oxygen atoms in total. The summed E-state index contributed by atoms with van der Waals surface area (Å²) in [6.07, 6.45) is 3.30. The van der Waals surface area contributed by atoms with Gasteiger partial charge in [-0.2, -0.15) is 0 Å². The molecular formula is C25H21N3O3. The molecule has 0 unspecified atom stereocenters. The Morgan fingerprint density at radius 1 is 0.935 bits per heavy atom. The third-order valence-electron chi connectivity index (χ3n) is 4.77. The van der Waals surface area contributed by atoms with Gasteiger partial charge in [0.25, 0.3) is 5.91 Å². The first-order chi connectivity index (χ1) is 15.1. The van der Waals surface area contributed by atoms with Gasteiger partial charge in [-0.15, -0.1) is 0 Å². The summed E-state index contributed by atoms with van der Waals surface area (Å²) in [5.74, 6) is 0.554. The predicted molar refractivity (Wildman–Crippen MR) is 118 cm³/mol. The second kappa shape index (κ2) is 9.09. The zero-order valence-corrected chi connectivity index (χ0v) is 17.0. The van der Waals surface area contributed by atoms with Crippen LogP contribution in [0.5, 0.6) is 5.75 Å². The SMILES string of the molecule is Cn1ccnc1C(=O)c1ccc(NC(=O)c2cccc(OCc3ccccc3)c2)cc1. The van der Waals surface area contributed by atoms with Crippen molar-refractivity contribution in [2.75, 3.05) is 5.32 Å². The van der Waals surface area contributed by atoms with Crippen LogP contribution in [0.25, 0.3) is 0 Å². The maximum absolute atomic E-state index is 12.6. The van der Waals surface area contributed by atoms with Crippen molar-refractivity contribution in [1.29, 1.82) is 0 Å². The van der Waals surface area contributed by atoms with E-state index in [4.69, 9.17) is 4.74 Å². The summed E-state index contributed by atoms with van der Waals surface area (Å²) in [7, 11) is 1.77. The van der Waals surface area contributed by atoms with Gasteiger partial charge in [0, 0.05) is 36.3 Å². The van der Waals surface area contributed by atoms with Gasteiger partial charge in [-0.1, -0.05) is 36.4 Å². The number of hydrogen-bond donors (Lipinski definition) is 1. The van der Waals surface area contributed by atoms with Crippen LogP contribution in [0.3, 0.4) is 0 Å². The number of rotatable bonds is 7. The van der Waals surface area contributed by atoms with Gasteiger partial charge in [0.15, 0.2) is 5.82 Å². The van der Waals surface area contributed by atoms with Gasteiger partial charge in [-0.3, -0.25) is 9.59 Å². The van der Waals surface area contributed by atoms with E-state index >= 15 is 0 Å². The lowest BCUT2D eigenvalue weighted by Crippen LogP contribution is -2.12. The van der Waals surface area contributed by atoms with Gasteiger partial charge in [-0.05, 0) is 48.0 Å². The molecule has 1 N–H and O–H groups in total. The van der Waals surface area contributed by atoms with Gasteiger partial charge in [0.1, 0.15) is 12.4 Å². The molecule has 0 aliphatic heterocycles. The molecule has 0 spiro atoms. The van der Waals surface area contributed by atoms with Crippen molar-refractivity contribution in [3.05, 3.63) is 114 Å². The lowest BCUT2D eigenvalue weighted by atomic mass is 10.1. The number of nitrogens with zero attached hydrogens (tertiary/aromatic N) is 2. The van der Waals surface area contributed by atoms with Crippen LogP contribution in [0.1, 0.15) is 32.1 Å². The molecule has 3 aromatic carbocycles. The van der Waals surface area contributed by atoms with E-state index in [9.17, 15) is 9.59 Å². The third kappa shape index (κ3) is 4.87. The fraction of sp³-hybridized carbons (Fsp3) is 0.0800. The van der Waals surface area contributed by atoms with Crippen LogP contribution in [0.4, 0.5) is 5.69 Å². The summed E-state index contributed by atoms with van der Waals surface area (Å²) < 4.78 is 7.47. The molecule has 1 heterocycles. The second-order valence-corrected chi connectivity index (χ2v) is 7.02. The highest BCUT2D eigenvalue weighted by molar-refractivity contribution is 6.07. The Hall–Kier alpha value is -4.19. The molecule has 0 atom stereocenters. The van der Waals surface area contributed by atoms with Crippen molar-refractivity contribution in [3.63, 3.8) is 0 Å². The first-order valence-corrected chi connectivity index (χ1v) is 9.80. The number of carbonyl (C=O) groups excluding carboxylic acids is 2. The van der Waals surface area contributed by atoms with E-state index in [1.54, 1.807) is 66.5 Å². The maximum atomic E-state index is 12.6. The van der Waals surface area contributed by atoms with Crippen molar-refractivity contribution in [2.24, 2.45) is 7.05 Å². The summed E-state index contributed by atoms with van der Waals surface area (Å²) >= 11 is 0. The van der Waals surface area contributed by atoms with Gasteiger partial charge < -0.3 is 14.6 Å². The normalized spacial score (nSPS) is 10.5. The van der Waals surface area contributed by atoms with Crippen LogP contribution < -0.4 is 10.1 Å². The molecule has 6 heteroatoms. The topological polar surface area (TPSA) is 73.2 Å². The molecule has 4 aromatic rings. The molecule has 1 amide bonds. The Kier molecular flexibility index (Phi) is 5.89. The fourth-order valence-corrected chi connectivity index (χ4v) is 3.09. The highest BCUT2D eigenvalue weighted by Crippen LogP contribution is 2.18. The lowest BCUT2D eigenvalue weighted by molar-refractivity contribution is 0.102. The number of carbonyl (C=O) groups is 2. The smallest absolute Gasteiger partial charge is 0.255 e. The molecule has 0 radical (unpaired) electrons. The Balaban J connectivity index is 1.40. The van der Waals surface area contributed by atoms with E-state index in [2.05, 4.69) is 10.3 Å². The monoisotopic (exact) mass is 411 g/mol. The van der Waals surface area contributed by atoms with E-state index in [0.717, 1.165) is 5.56 Å². The second-order valence-electron chi connectivity index (χ2n) is 7.02. The zero-order chi connectivity index (χ0) is 21.6. The first-order valence-electron chi connectivity index (χ1n) is 9.80. The Morgan fingerprint density at radius 2 is 1.71 bits per heavy atom. The molecule has 0 fully saturated rings. The standard InChI is InChI=1S/C25H21N3O3/c1-28-15-14-26-24(28)23(29)19-10-12-21(13-11-19)27-25(30)20-8-5-9-22(16-20)31-17-18-6-3-2-4-7-18/h2-16H,17H2,1H3,(H,27,30). The van der Waals surface area contributed by atoms with Gasteiger partial charge in [0.05, 0.1) is 0 Å². The van der Waals surface area contributed by atoms with Crippen molar-refractivity contribution < 1.29 is 14.3 Å². The molecule has 1 aromatic heterocycles. The minimum Gasteiger partial charge on any atom is -0.489 e. The largest absolute Gasteiger partial charge is 0.489 e. The molecule has 31 heavy (non-hydrogen) atoms. The molecule has 0 bridgehead atoms. The molecule has 154 valence electrons. The molecule has 0 saturated carbocycles. The number of benzene rings is 3. The molecule has 4 rings (SSSR count). The van der Waals surface area contributed by atoms with Crippen molar-refractivity contribution >= 4 is 17.4 Å². The van der Waals surface area contributed by atoms with E-state index < -0.39 is 0 Å². The van der Waals surface area contributed by atoms with Crippen LogP contribution >= 0.6 is 0 Å². The number of ketones is 1. The Morgan fingerprint density at radius 3 is 2.42 bits per heavy atom. The number of aryl methyl sites for hydroxylation is 1. The molecular weight excluding hydrogens is 390 g/mol. The Bertz CT molecular complexity index is 1200. The quantitative estimate of drug-likeness (QED) is 0.455. The zero-order valence-electron chi connectivity index (χ0n) is 17.0. The fourth-order valence-electron chi connectivity index (χ4n) is 3.09. The number of ether oxygens (including phenoxy) is 1. The van der Waals surface area contributed by atoms with E-state index in [0.29, 0.717) is 35.0 Å². The van der Waals surface area contributed by atoms with Crippen LogP contribution in [0.2, 0.25) is 0 Å². The van der Waals surface area contributed by atoms with Crippen molar-refractivity contribution in [1.82, 2.24) is 9.55 Å². The highest BCUT2D eigenvalue weighted by Gasteiger charge is 2.14. The summed E-state index contributed by atoms with van der Waals surface area (Å²) in [4.78, 5) is 29.2. The number of anilines is 1. The highest BCUT2D eigenvalue weighted by atomic mass is 16.5. The first kappa shape index (κ1) is 20.1. The van der Waals surface area contributed by atoms with Crippen LogP contribution in [0.15, 0.2) is 91.3 Å². The van der Waals surface area contributed by atoms with Crippen LogP contribution in [0, 0.1) is 0 Å². The van der Waals surface area contributed by atoms with Crippen molar-refractivity contribution in [3.8, 4) is 5.75 Å². The van der Waals surface area contributed by atoms with E-state index in [-0.39, 0.29) is 11.7 Å². The summed E-state index contributed by atoms with van der Waals surface area (Å²) in [6, 6.07) is 23.6. The number of hydrogen-bond acceptors (Lipinski definition) is 4. The summed E-state index contributed by atoms with van der Waals surface area (Å²) in [5.41, 5.74) is 2.64. The van der Waals surface area contributed by atoms with Gasteiger partial charge >= 0.3 is 0 Å². The lowest BCUT2D eigenvalue weighted by Gasteiger charge is -2.09. The molecule has 0 aliphatic carbocycles. The molecule has 0 aliphatic rings. The van der Waals surface area contributed by atoms with E-state index in [1.165, 1.54) is 0 Å². The van der Waals surface area contributed by atoms with E-state index in [1.807, 2.05) is 36.4 Å². The summed E-state index contributed by atoms with van der Waals surface area (Å²) in [5, 5.41) is 2.84. The van der Waals surface area contributed by atoms with Gasteiger partial charge in [-0.25, -0.2) is 4.98 Å². The number of imidazole rings is 1. The van der Waals surface area contributed by atoms with Crippen LogP contribution in [-0.4, -0.2) is 21.2 Å². The number of aromatic nitrogens is 2. The number of nitrogens with one attached hydrogen (secondary N) is 1. The minimum atomic E-state index is -0.256. The number of amides is 1. The van der Waals surface area contributed by atoms with Crippen molar-refractivity contribution in [2.45, 2.75) is 6.61 Å².